The second-order valence-corrected chi connectivity index (χ2v) is 10.1. The van der Waals surface area contributed by atoms with E-state index in [1.807, 2.05) is 5.38 Å². The zero-order valence-corrected chi connectivity index (χ0v) is 18.6. The van der Waals surface area contributed by atoms with Crippen molar-refractivity contribution in [3.63, 3.8) is 0 Å². The highest BCUT2D eigenvalue weighted by Crippen LogP contribution is 2.31. The van der Waals surface area contributed by atoms with Gasteiger partial charge in [0.25, 0.3) is 5.91 Å². The highest BCUT2D eigenvalue weighted by molar-refractivity contribution is 7.89. The maximum Gasteiger partial charge on any atom is 0.257 e. The molecule has 1 N–H and O–H groups in total. The predicted octanol–water partition coefficient (Wildman–Crippen LogP) is 4.24. The van der Waals surface area contributed by atoms with E-state index >= 15 is 0 Å². The molecule has 1 heterocycles. The molecule has 3 aromatic rings. The Morgan fingerprint density at radius 2 is 1.62 bits per heavy atom. The Bertz CT molecular complexity index is 1140. The average molecular weight is 430 g/mol. The molecular weight excluding hydrogens is 406 g/mol. The monoisotopic (exact) mass is 429 g/mol. The number of aryl methyl sites for hydroxylation is 3. The summed E-state index contributed by atoms with van der Waals surface area (Å²) in [4.78, 5) is 17.2. The van der Waals surface area contributed by atoms with Crippen LogP contribution in [0, 0.1) is 20.8 Å². The van der Waals surface area contributed by atoms with Gasteiger partial charge in [-0.05, 0) is 56.2 Å². The maximum absolute atomic E-state index is 12.5. The molecular formula is C21H23N3O3S2. The molecule has 0 aliphatic carbocycles. The highest BCUT2D eigenvalue weighted by atomic mass is 32.2. The number of amides is 1. The van der Waals surface area contributed by atoms with E-state index in [4.69, 9.17) is 0 Å². The van der Waals surface area contributed by atoms with E-state index < -0.39 is 10.0 Å². The first kappa shape index (κ1) is 21.2. The minimum Gasteiger partial charge on any atom is -0.298 e. The Hall–Kier alpha value is -2.55. The van der Waals surface area contributed by atoms with Gasteiger partial charge in [0.15, 0.2) is 5.13 Å². The van der Waals surface area contributed by atoms with Gasteiger partial charge >= 0.3 is 0 Å². The lowest BCUT2D eigenvalue weighted by Gasteiger charge is -2.11. The van der Waals surface area contributed by atoms with Crippen LogP contribution in [0.5, 0.6) is 0 Å². The van der Waals surface area contributed by atoms with Crippen molar-refractivity contribution in [3.8, 4) is 11.3 Å². The van der Waals surface area contributed by atoms with Crippen molar-refractivity contribution in [3.05, 3.63) is 64.0 Å². The van der Waals surface area contributed by atoms with Crippen molar-refractivity contribution in [1.29, 1.82) is 0 Å². The Balaban J connectivity index is 1.79. The number of sulfonamides is 1. The van der Waals surface area contributed by atoms with Gasteiger partial charge in [-0.1, -0.05) is 17.7 Å². The molecule has 3 rings (SSSR count). The Morgan fingerprint density at radius 1 is 1.03 bits per heavy atom. The van der Waals surface area contributed by atoms with Crippen LogP contribution >= 0.6 is 11.3 Å². The molecule has 29 heavy (non-hydrogen) atoms. The van der Waals surface area contributed by atoms with Crippen molar-refractivity contribution < 1.29 is 13.2 Å². The molecule has 8 heteroatoms. The maximum atomic E-state index is 12.5. The number of nitrogens with zero attached hydrogens (tertiary/aromatic N) is 2. The van der Waals surface area contributed by atoms with Crippen LogP contribution in [-0.4, -0.2) is 37.7 Å². The third kappa shape index (κ3) is 4.39. The molecule has 2 aromatic carbocycles. The van der Waals surface area contributed by atoms with E-state index in [1.54, 1.807) is 0 Å². The number of anilines is 1. The quantitative estimate of drug-likeness (QED) is 0.658. The first-order valence-corrected chi connectivity index (χ1v) is 11.3. The molecule has 0 saturated heterocycles. The molecule has 0 bridgehead atoms. The van der Waals surface area contributed by atoms with E-state index in [0.29, 0.717) is 10.7 Å². The van der Waals surface area contributed by atoms with E-state index in [1.165, 1.54) is 55.3 Å². The molecule has 0 radical (unpaired) electrons. The smallest absolute Gasteiger partial charge is 0.257 e. The van der Waals surface area contributed by atoms with Crippen LogP contribution in [0.15, 0.2) is 46.7 Å². The standard InChI is InChI=1S/C21H23N3O3S2/c1-13-10-14(2)19(15(3)11-13)18-12-28-21(22-18)23-20(25)16-6-8-17(9-7-16)29(26,27)24(4)5/h6-12H,1-5H3,(H,22,23,25). The fourth-order valence-corrected chi connectivity index (χ4v) is 4.79. The lowest BCUT2D eigenvalue weighted by molar-refractivity contribution is 0.102. The topological polar surface area (TPSA) is 79.4 Å². The van der Waals surface area contributed by atoms with Gasteiger partial charge in [0, 0.05) is 30.6 Å². The molecule has 0 atom stereocenters. The number of hydrogen-bond donors (Lipinski definition) is 1. The van der Waals surface area contributed by atoms with Gasteiger partial charge < -0.3 is 0 Å². The molecule has 0 aliphatic heterocycles. The molecule has 1 amide bonds. The normalized spacial score (nSPS) is 11.7. The van der Waals surface area contributed by atoms with Crippen LogP contribution in [0.1, 0.15) is 27.0 Å². The third-order valence-electron chi connectivity index (χ3n) is 4.55. The van der Waals surface area contributed by atoms with E-state index in [2.05, 4.69) is 43.2 Å². The number of rotatable bonds is 5. The Labute approximate surface area is 175 Å². The second kappa shape index (κ2) is 8.06. The summed E-state index contributed by atoms with van der Waals surface area (Å²) in [6.07, 6.45) is 0. The molecule has 0 unspecified atom stereocenters. The Kier molecular flexibility index (Phi) is 5.88. The van der Waals surface area contributed by atoms with Crippen LogP contribution in [0.25, 0.3) is 11.3 Å². The first-order chi connectivity index (χ1) is 13.6. The van der Waals surface area contributed by atoms with Gasteiger partial charge in [-0.25, -0.2) is 17.7 Å². The molecule has 0 aliphatic rings. The van der Waals surface area contributed by atoms with Gasteiger partial charge in [0.05, 0.1) is 10.6 Å². The van der Waals surface area contributed by atoms with Crippen molar-refractivity contribution in [2.75, 3.05) is 19.4 Å². The van der Waals surface area contributed by atoms with Crippen molar-refractivity contribution in [1.82, 2.24) is 9.29 Å². The van der Waals surface area contributed by atoms with Gasteiger partial charge in [-0.15, -0.1) is 11.3 Å². The zero-order chi connectivity index (χ0) is 21.3. The number of thiazole rings is 1. The minimum absolute atomic E-state index is 0.140. The SMILES string of the molecule is Cc1cc(C)c(-c2csc(NC(=O)c3ccc(S(=O)(=O)N(C)C)cc3)n2)c(C)c1. The molecule has 152 valence electrons. The van der Waals surface area contributed by atoms with Crippen molar-refractivity contribution in [2.24, 2.45) is 0 Å². The van der Waals surface area contributed by atoms with Crippen LogP contribution in [0.4, 0.5) is 5.13 Å². The summed E-state index contributed by atoms with van der Waals surface area (Å²) < 4.78 is 25.4. The number of carbonyl (C=O) groups excluding carboxylic acids is 1. The summed E-state index contributed by atoms with van der Waals surface area (Å²) in [7, 11) is -0.594. The van der Waals surface area contributed by atoms with Crippen LogP contribution in [0.3, 0.4) is 0 Å². The molecule has 0 saturated carbocycles. The molecule has 0 spiro atoms. The summed E-state index contributed by atoms with van der Waals surface area (Å²) >= 11 is 1.35. The van der Waals surface area contributed by atoms with Gasteiger partial charge in [-0.3, -0.25) is 10.1 Å². The Morgan fingerprint density at radius 3 is 2.17 bits per heavy atom. The molecule has 6 nitrogen and oxygen atoms in total. The highest BCUT2D eigenvalue weighted by Gasteiger charge is 2.18. The number of hydrogen-bond acceptors (Lipinski definition) is 5. The lowest BCUT2D eigenvalue weighted by atomic mass is 9.98. The van der Waals surface area contributed by atoms with Gasteiger partial charge in [-0.2, -0.15) is 0 Å². The van der Waals surface area contributed by atoms with Crippen molar-refractivity contribution >= 4 is 32.4 Å². The van der Waals surface area contributed by atoms with Crippen LogP contribution in [-0.2, 0) is 10.0 Å². The summed E-state index contributed by atoms with van der Waals surface area (Å²) in [5, 5.41) is 5.21. The van der Waals surface area contributed by atoms with E-state index in [-0.39, 0.29) is 10.8 Å². The molecule has 1 aromatic heterocycles. The number of carbonyl (C=O) groups is 1. The first-order valence-electron chi connectivity index (χ1n) is 8.97. The number of aromatic nitrogens is 1. The van der Waals surface area contributed by atoms with Gasteiger partial charge in [0.2, 0.25) is 10.0 Å². The second-order valence-electron chi connectivity index (χ2n) is 7.08. The van der Waals surface area contributed by atoms with Crippen LogP contribution < -0.4 is 5.32 Å². The summed E-state index contributed by atoms with van der Waals surface area (Å²) in [6, 6.07) is 10.1. The largest absolute Gasteiger partial charge is 0.298 e. The summed E-state index contributed by atoms with van der Waals surface area (Å²) in [5.74, 6) is -0.336. The number of benzene rings is 2. The van der Waals surface area contributed by atoms with Crippen molar-refractivity contribution in [2.45, 2.75) is 25.7 Å². The number of nitrogens with one attached hydrogen (secondary N) is 1. The third-order valence-corrected chi connectivity index (χ3v) is 7.14. The van der Waals surface area contributed by atoms with E-state index in [0.717, 1.165) is 26.7 Å². The summed E-state index contributed by atoms with van der Waals surface area (Å²) in [5.41, 5.74) is 5.75. The summed E-state index contributed by atoms with van der Waals surface area (Å²) in [6.45, 7) is 6.16. The van der Waals surface area contributed by atoms with E-state index in [9.17, 15) is 13.2 Å². The zero-order valence-electron chi connectivity index (χ0n) is 17.0. The average Bonchev–Trinajstić information content (AvgIpc) is 3.08. The van der Waals surface area contributed by atoms with Gasteiger partial charge in [0.1, 0.15) is 0 Å². The fraction of sp³-hybridized carbons (Fsp3) is 0.238. The van der Waals surface area contributed by atoms with Crippen LogP contribution in [0.2, 0.25) is 0 Å². The fourth-order valence-electron chi connectivity index (χ4n) is 3.19. The lowest BCUT2D eigenvalue weighted by Crippen LogP contribution is -2.22. The minimum atomic E-state index is -3.53. The molecule has 0 fully saturated rings. The predicted molar refractivity (Wildman–Crippen MR) is 117 cm³/mol.